The highest BCUT2D eigenvalue weighted by molar-refractivity contribution is 5.64. The number of aromatic nitrogens is 4. The molecule has 4 heteroatoms. The average molecular weight is 290 g/mol. The van der Waals surface area contributed by atoms with Crippen LogP contribution in [0.4, 0.5) is 0 Å². The molecule has 4 nitrogen and oxygen atoms in total. The average Bonchev–Trinajstić information content (AvgIpc) is 3.16. The summed E-state index contributed by atoms with van der Waals surface area (Å²) in [6.45, 7) is 2.70. The summed E-state index contributed by atoms with van der Waals surface area (Å²) in [5.41, 5.74) is 6.32. The third-order valence-electron chi connectivity index (χ3n) is 4.39. The van der Waals surface area contributed by atoms with Crippen LogP contribution in [0.2, 0.25) is 0 Å². The van der Waals surface area contributed by atoms with Gasteiger partial charge in [-0.2, -0.15) is 10.2 Å². The Morgan fingerprint density at radius 2 is 2.00 bits per heavy atom. The van der Waals surface area contributed by atoms with Crippen LogP contribution in [-0.4, -0.2) is 19.7 Å². The second kappa shape index (κ2) is 5.37. The lowest BCUT2D eigenvalue weighted by molar-refractivity contribution is 0.727. The summed E-state index contributed by atoms with van der Waals surface area (Å²) in [4.78, 5) is 4.25. The van der Waals surface area contributed by atoms with Crippen molar-refractivity contribution in [2.45, 2.75) is 32.7 Å². The minimum atomic E-state index is 0.706. The third-order valence-corrected chi connectivity index (χ3v) is 4.39. The molecular formula is C18H18N4. The van der Waals surface area contributed by atoms with E-state index in [4.69, 9.17) is 0 Å². The van der Waals surface area contributed by atoms with Crippen LogP contribution < -0.4 is 0 Å². The molecule has 1 aliphatic carbocycles. The van der Waals surface area contributed by atoms with Crippen LogP contribution >= 0.6 is 0 Å². The van der Waals surface area contributed by atoms with Gasteiger partial charge in [0.2, 0.25) is 0 Å². The quantitative estimate of drug-likeness (QED) is 0.744. The third kappa shape index (κ3) is 2.41. The van der Waals surface area contributed by atoms with Gasteiger partial charge in [0.1, 0.15) is 5.82 Å². The Balaban J connectivity index is 1.65. The maximum absolute atomic E-state index is 4.25. The monoisotopic (exact) mass is 290 g/mol. The van der Waals surface area contributed by atoms with Crippen LogP contribution in [0.1, 0.15) is 29.1 Å². The van der Waals surface area contributed by atoms with E-state index in [0.717, 1.165) is 17.1 Å². The lowest BCUT2D eigenvalue weighted by Crippen LogP contribution is -2.04. The van der Waals surface area contributed by atoms with Gasteiger partial charge in [-0.05, 0) is 48.9 Å². The Morgan fingerprint density at radius 3 is 2.86 bits per heavy atom. The van der Waals surface area contributed by atoms with Crippen LogP contribution in [0.25, 0.3) is 11.1 Å². The van der Waals surface area contributed by atoms with E-state index >= 15 is 0 Å². The zero-order chi connectivity index (χ0) is 14.9. The summed E-state index contributed by atoms with van der Waals surface area (Å²) < 4.78 is 2.08. The number of benzene rings is 1. The van der Waals surface area contributed by atoms with Crippen molar-refractivity contribution in [1.82, 2.24) is 19.7 Å². The number of hydrogen-bond donors (Lipinski definition) is 0. The van der Waals surface area contributed by atoms with Gasteiger partial charge in [0.25, 0.3) is 0 Å². The number of rotatable bonds is 3. The molecule has 0 aliphatic heterocycles. The molecule has 0 fully saturated rings. The number of imidazole rings is 1. The fourth-order valence-electron chi connectivity index (χ4n) is 3.14. The van der Waals surface area contributed by atoms with Gasteiger partial charge in [-0.15, -0.1) is 0 Å². The lowest BCUT2D eigenvalue weighted by atomic mass is 10.0. The van der Waals surface area contributed by atoms with Gasteiger partial charge in [0.15, 0.2) is 0 Å². The SMILES string of the molecule is Cc1nccn1Cc1cc(-c2ccc3c(c2)CCC3)cnn1. The largest absolute Gasteiger partial charge is 0.329 e. The minimum Gasteiger partial charge on any atom is -0.329 e. The van der Waals surface area contributed by atoms with Crippen LogP contribution in [0.5, 0.6) is 0 Å². The first-order valence-electron chi connectivity index (χ1n) is 7.71. The Kier molecular flexibility index (Phi) is 3.22. The summed E-state index contributed by atoms with van der Waals surface area (Å²) in [5.74, 6) is 0.990. The standard InChI is InChI=1S/C18H18N4/c1-13-19-7-8-22(13)12-18-10-17(11-20-21-18)16-6-5-14-3-2-4-15(14)9-16/h5-11H,2-4,12H2,1H3. The fraction of sp³-hybridized carbons (Fsp3) is 0.278. The summed E-state index contributed by atoms with van der Waals surface area (Å²) in [6.07, 6.45) is 9.32. The second-order valence-electron chi connectivity index (χ2n) is 5.87. The van der Waals surface area contributed by atoms with Crippen molar-refractivity contribution >= 4 is 0 Å². The van der Waals surface area contributed by atoms with Gasteiger partial charge < -0.3 is 4.57 Å². The number of fused-ring (bicyclic) bond motifs is 1. The van der Waals surface area contributed by atoms with E-state index in [2.05, 4.69) is 44.0 Å². The molecule has 0 amide bonds. The van der Waals surface area contributed by atoms with E-state index in [1.165, 1.54) is 36.0 Å². The van der Waals surface area contributed by atoms with E-state index in [-0.39, 0.29) is 0 Å². The second-order valence-corrected chi connectivity index (χ2v) is 5.87. The molecule has 110 valence electrons. The molecule has 1 aliphatic rings. The van der Waals surface area contributed by atoms with E-state index in [1.54, 1.807) is 0 Å². The summed E-state index contributed by atoms with van der Waals surface area (Å²) in [5, 5.41) is 8.44. The van der Waals surface area contributed by atoms with Crippen molar-refractivity contribution in [1.29, 1.82) is 0 Å². The molecule has 3 aromatic rings. The minimum absolute atomic E-state index is 0.706. The number of nitrogens with zero attached hydrogens (tertiary/aromatic N) is 4. The highest BCUT2D eigenvalue weighted by atomic mass is 15.1. The molecule has 0 saturated heterocycles. The van der Waals surface area contributed by atoms with E-state index < -0.39 is 0 Å². The zero-order valence-electron chi connectivity index (χ0n) is 12.7. The Hall–Kier alpha value is -2.49. The number of hydrogen-bond acceptors (Lipinski definition) is 3. The Labute approximate surface area is 129 Å². The molecule has 2 heterocycles. The molecule has 2 aromatic heterocycles. The molecule has 0 radical (unpaired) electrons. The van der Waals surface area contributed by atoms with Gasteiger partial charge in [-0.3, -0.25) is 0 Å². The van der Waals surface area contributed by atoms with Crippen molar-refractivity contribution in [2.24, 2.45) is 0 Å². The highest BCUT2D eigenvalue weighted by Crippen LogP contribution is 2.27. The van der Waals surface area contributed by atoms with Gasteiger partial charge in [-0.1, -0.05) is 18.2 Å². The van der Waals surface area contributed by atoms with Gasteiger partial charge in [0, 0.05) is 18.0 Å². The predicted octanol–water partition coefficient (Wildman–Crippen LogP) is 3.19. The van der Waals surface area contributed by atoms with Crippen molar-refractivity contribution in [3.63, 3.8) is 0 Å². The molecule has 0 saturated carbocycles. The van der Waals surface area contributed by atoms with Crippen molar-refractivity contribution in [3.05, 3.63) is 65.5 Å². The van der Waals surface area contributed by atoms with Gasteiger partial charge in [-0.25, -0.2) is 4.98 Å². The molecule has 0 unspecified atom stereocenters. The van der Waals surface area contributed by atoms with Crippen LogP contribution in [0.3, 0.4) is 0 Å². The van der Waals surface area contributed by atoms with Crippen molar-refractivity contribution in [2.75, 3.05) is 0 Å². The molecule has 22 heavy (non-hydrogen) atoms. The van der Waals surface area contributed by atoms with E-state index in [1.807, 2.05) is 25.5 Å². The highest BCUT2D eigenvalue weighted by Gasteiger charge is 2.12. The predicted molar refractivity (Wildman–Crippen MR) is 85.6 cm³/mol. The molecule has 4 rings (SSSR count). The zero-order valence-corrected chi connectivity index (χ0v) is 12.7. The first-order chi connectivity index (χ1) is 10.8. The van der Waals surface area contributed by atoms with Gasteiger partial charge >= 0.3 is 0 Å². The van der Waals surface area contributed by atoms with Crippen LogP contribution in [-0.2, 0) is 19.4 Å². The summed E-state index contributed by atoms with van der Waals surface area (Å²) in [6, 6.07) is 8.90. The molecule has 0 spiro atoms. The Bertz CT molecular complexity index is 819. The van der Waals surface area contributed by atoms with Crippen molar-refractivity contribution in [3.8, 4) is 11.1 Å². The maximum atomic E-state index is 4.25. The summed E-state index contributed by atoms with van der Waals surface area (Å²) in [7, 11) is 0. The number of aryl methyl sites for hydroxylation is 3. The lowest BCUT2D eigenvalue weighted by Gasteiger charge is -2.08. The molecule has 0 atom stereocenters. The Morgan fingerprint density at radius 1 is 1.09 bits per heavy atom. The fourth-order valence-corrected chi connectivity index (χ4v) is 3.14. The van der Waals surface area contributed by atoms with Crippen LogP contribution in [0, 0.1) is 6.92 Å². The topological polar surface area (TPSA) is 43.6 Å². The summed E-state index contributed by atoms with van der Waals surface area (Å²) >= 11 is 0. The first-order valence-corrected chi connectivity index (χ1v) is 7.71. The maximum Gasteiger partial charge on any atom is 0.105 e. The van der Waals surface area contributed by atoms with Gasteiger partial charge in [0.05, 0.1) is 18.4 Å². The molecule has 0 N–H and O–H groups in total. The first kappa shape index (κ1) is 13.2. The smallest absolute Gasteiger partial charge is 0.105 e. The molecule has 0 bridgehead atoms. The molecule has 1 aromatic carbocycles. The van der Waals surface area contributed by atoms with Crippen molar-refractivity contribution < 1.29 is 0 Å². The van der Waals surface area contributed by atoms with E-state index in [0.29, 0.717) is 6.54 Å². The van der Waals surface area contributed by atoms with Crippen LogP contribution in [0.15, 0.2) is 42.9 Å². The van der Waals surface area contributed by atoms with E-state index in [9.17, 15) is 0 Å². The molecular weight excluding hydrogens is 272 g/mol. The normalized spacial score (nSPS) is 13.3.